The molecule has 0 saturated carbocycles. The summed E-state index contributed by atoms with van der Waals surface area (Å²) in [6, 6.07) is 5.05. The van der Waals surface area contributed by atoms with E-state index in [-0.39, 0.29) is 10.8 Å². The molecule has 0 unspecified atom stereocenters. The molecule has 0 saturated heterocycles. The number of hydrogen-bond donors (Lipinski definition) is 2. The Bertz CT molecular complexity index is 681. The molecular weight excluding hydrogens is 320 g/mol. The molecule has 0 aliphatic carbocycles. The van der Waals surface area contributed by atoms with E-state index in [0.29, 0.717) is 15.9 Å². The number of nitrogens with one attached hydrogen (secondary N) is 2. The number of aromatic amines is 1. The molecule has 1 aromatic carbocycles. The Kier molecular flexibility index (Phi) is 3.40. The van der Waals surface area contributed by atoms with Crippen LogP contribution in [0.2, 0.25) is 0 Å². The first-order valence-corrected chi connectivity index (χ1v) is 7.34. The van der Waals surface area contributed by atoms with E-state index in [1.54, 1.807) is 26.0 Å². The Morgan fingerprint density at radius 3 is 2.67 bits per heavy atom. The zero-order chi connectivity index (χ0) is 13.3. The van der Waals surface area contributed by atoms with Crippen LogP contribution in [0, 0.1) is 13.8 Å². The van der Waals surface area contributed by atoms with Crippen LogP contribution in [0.4, 0.5) is 5.95 Å². The largest absolute Gasteiger partial charge is 0.264 e. The number of anilines is 1. The number of rotatable bonds is 3. The fraction of sp³-hybridized carbons (Fsp3) is 0.200. The molecule has 1 heterocycles. The fourth-order valence-electron chi connectivity index (χ4n) is 1.43. The van der Waals surface area contributed by atoms with Crippen molar-refractivity contribution < 1.29 is 8.42 Å². The van der Waals surface area contributed by atoms with Gasteiger partial charge in [0.1, 0.15) is 5.82 Å². The summed E-state index contributed by atoms with van der Waals surface area (Å²) in [6.07, 6.45) is 0. The van der Waals surface area contributed by atoms with Gasteiger partial charge in [0.05, 0.1) is 4.90 Å². The molecule has 0 atom stereocenters. The summed E-state index contributed by atoms with van der Waals surface area (Å²) in [5.41, 5.74) is 0.651. The van der Waals surface area contributed by atoms with Crippen molar-refractivity contribution in [1.82, 2.24) is 15.2 Å². The van der Waals surface area contributed by atoms with Crippen molar-refractivity contribution in [3.8, 4) is 0 Å². The van der Waals surface area contributed by atoms with Gasteiger partial charge in [-0.25, -0.2) is 13.1 Å². The first-order chi connectivity index (χ1) is 8.38. The quantitative estimate of drug-likeness (QED) is 0.900. The van der Waals surface area contributed by atoms with Crippen LogP contribution in [-0.4, -0.2) is 23.6 Å². The van der Waals surface area contributed by atoms with Crippen LogP contribution in [0.15, 0.2) is 27.6 Å². The highest BCUT2D eigenvalue weighted by Gasteiger charge is 2.19. The van der Waals surface area contributed by atoms with Crippen LogP contribution in [0.5, 0.6) is 0 Å². The van der Waals surface area contributed by atoms with Crippen molar-refractivity contribution in [2.24, 2.45) is 0 Å². The second kappa shape index (κ2) is 4.69. The molecule has 2 aromatic rings. The molecule has 0 bridgehead atoms. The van der Waals surface area contributed by atoms with Gasteiger partial charge in [-0.15, -0.1) is 5.10 Å². The number of nitrogens with zero attached hydrogens (tertiary/aromatic N) is 2. The number of aromatic nitrogens is 3. The van der Waals surface area contributed by atoms with Crippen LogP contribution in [0.25, 0.3) is 0 Å². The Hall–Kier alpha value is -1.41. The number of benzene rings is 1. The minimum Gasteiger partial charge on any atom is -0.261 e. The van der Waals surface area contributed by atoms with Gasteiger partial charge in [-0.2, -0.15) is 4.98 Å². The average molecular weight is 331 g/mol. The normalized spacial score (nSPS) is 11.5. The summed E-state index contributed by atoms with van der Waals surface area (Å²) in [4.78, 5) is 4.10. The smallest absolute Gasteiger partial charge is 0.261 e. The molecule has 0 fully saturated rings. The van der Waals surface area contributed by atoms with Crippen LogP contribution in [0.1, 0.15) is 11.4 Å². The number of H-pyrrole nitrogens is 1. The Labute approximate surface area is 113 Å². The van der Waals surface area contributed by atoms with Crippen molar-refractivity contribution in [2.75, 3.05) is 4.72 Å². The maximum Gasteiger partial charge on any atom is 0.264 e. The first-order valence-electron chi connectivity index (χ1n) is 5.06. The fourth-order valence-corrected chi connectivity index (χ4v) is 3.16. The monoisotopic (exact) mass is 330 g/mol. The second-order valence-corrected chi connectivity index (χ2v) is 6.33. The van der Waals surface area contributed by atoms with Crippen LogP contribution < -0.4 is 4.72 Å². The van der Waals surface area contributed by atoms with Gasteiger partial charge < -0.3 is 0 Å². The molecule has 0 amide bonds. The summed E-state index contributed by atoms with van der Waals surface area (Å²) in [5, 5.41) is 6.31. The lowest BCUT2D eigenvalue weighted by atomic mass is 10.2. The van der Waals surface area contributed by atoms with E-state index in [1.165, 1.54) is 6.07 Å². The maximum atomic E-state index is 12.2. The van der Waals surface area contributed by atoms with E-state index in [1.807, 2.05) is 0 Å². The van der Waals surface area contributed by atoms with Crippen molar-refractivity contribution in [3.05, 3.63) is 34.1 Å². The summed E-state index contributed by atoms with van der Waals surface area (Å²) in [6.45, 7) is 3.42. The lowest BCUT2D eigenvalue weighted by Gasteiger charge is -2.07. The Morgan fingerprint density at radius 1 is 1.33 bits per heavy atom. The van der Waals surface area contributed by atoms with Crippen molar-refractivity contribution in [1.29, 1.82) is 0 Å². The van der Waals surface area contributed by atoms with E-state index < -0.39 is 10.0 Å². The zero-order valence-electron chi connectivity index (χ0n) is 9.73. The van der Waals surface area contributed by atoms with Crippen molar-refractivity contribution in [2.45, 2.75) is 18.7 Å². The van der Waals surface area contributed by atoms with Crippen LogP contribution in [-0.2, 0) is 10.0 Å². The summed E-state index contributed by atoms with van der Waals surface area (Å²) >= 11 is 3.25. The van der Waals surface area contributed by atoms with Gasteiger partial charge in [0, 0.05) is 4.47 Å². The van der Waals surface area contributed by atoms with Gasteiger partial charge in [-0.1, -0.05) is 22.0 Å². The molecule has 1 aromatic heterocycles. The van der Waals surface area contributed by atoms with Crippen LogP contribution in [0.3, 0.4) is 0 Å². The topological polar surface area (TPSA) is 87.7 Å². The molecule has 0 radical (unpaired) electrons. The number of halogens is 1. The van der Waals surface area contributed by atoms with E-state index in [4.69, 9.17) is 0 Å². The third-order valence-electron chi connectivity index (χ3n) is 2.26. The summed E-state index contributed by atoms with van der Waals surface area (Å²) < 4.78 is 27.3. The highest BCUT2D eigenvalue weighted by Crippen LogP contribution is 2.22. The molecule has 8 heteroatoms. The number of aryl methyl sites for hydroxylation is 2. The van der Waals surface area contributed by atoms with E-state index in [0.717, 1.165) is 0 Å². The van der Waals surface area contributed by atoms with Gasteiger partial charge in [-0.05, 0) is 31.5 Å². The van der Waals surface area contributed by atoms with E-state index in [2.05, 4.69) is 35.8 Å². The first kappa shape index (κ1) is 13.0. The molecule has 96 valence electrons. The lowest BCUT2D eigenvalue weighted by molar-refractivity contribution is 0.600. The third-order valence-corrected chi connectivity index (χ3v) is 4.23. The molecule has 2 rings (SSSR count). The SMILES string of the molecule is Cc1nc(NS(=O)(=O)c2cc(Br)ccc2C)n[nH]1. The summed E-state index contributed by atoms with van der Waals surface area (Å²) in [7, 11) is -3.68. The minimum absolute atomic E-state index is 0.0341. The molecule has 0 aliphatic rings. The van der Waals surface area contributed by atoms with Crippen molar-refractivity contribution >= 4 is 31.9 Å². The molecule has 18 heavy (non-hydrogen) atoms. The Morgan fingerprint density at radius 2 is 2.06 bits per heavy atom. The number of sulfonamides is 1. The average Bonchev–Trinajstić information content (AvgIpc) is 2.66. The standard InChI is InChI=1S/C10H11BrN4O2S/c1-6-3-4-8(11)5-9(6)18(16,17)15-10-12-7(2)13-14-10/h3-5H,1-2H3,(H2,12,13,14,15). The van der Waals surface area contributed by atoms with Crippen LogP contribution >= 0.6 is 15.9 Å². The van der Waals surface area contributed by atoms with Crippen molar-refractivity contribution in [3.63, 3.8) is 0 Å². The third kappa shape index (κ3) is 2.70. The molecule has 0 spiro atoms. The highest BCUT2D eigenvalue weighted by atomic mass is 79.9. The van der Waals surface area contributed by atoms with E-state index >= 15 is 0 Å². The predicted octanol–water partition coefficient (Wildman–Crippen LogP) is 1.98. The predicted molar refractivity (Wildman–Crippen MR) is 70.8 cm³/mol. The molecule has 6 nitrogen and oxygen atoms in total. The zero-order valence-corrected chi connectivity index (χ0v) is 12.1. The van der Waals surface area contributed by atoms with Gasteiger partial charge in [0.2, 0.25) is 0 Å². The molecular formula is C10H11BrN4O2S. The molecule has 0 aliphatic heterocycles. The lowest BCUT2D eigenvalue weighted by Crippen LogP contribution is -2.15. The van der Waals surface area contributed by atoms with Gasteiger partial charge in [-0.3, -0.25) is 5.10 Å². The van der Waals surface area contributed by atoms with E-state index in [9.17, 15) is 8.42 Å². The number of hydrogen-bond acceptors (Lipinski definition) is 4. The second-order valence-electron chi connectivity index (χ2n) is 3.76. The molecule has 2 N–H and O–H groups in total. The van der Waals surface area contributed by atoms with Gasteiger partial charge in [0.15, 0.2) is 0 Å². The highest BCUT2D eigenvalue weighted by molar-refractivity contribution is 9.10. The maximum absolute atomic E-state index is 12.2. The summed E-state index contributed by atoms with van der Waals surface area (Å²) in [5.74, 6) is 0.575. The Balaban J connectivity index is 2.39. The minimum atomic E-state index is -3.68. The van der Waals surface area contributed by atoms with Gasteiger partial charge in [0.25, 0.3) is 16.0 Å². The van der Waals surface area contributed by atoms with Gasteiger partial charge >= 0.3 is 0 Å².